The molecule has 0 radical (unpaired) electrons. The zero-order valence-corrected chi connectivity index (χ0v) is 20.1. The fraction of sp³-hybridized carbons (Fsp3) is 0.375. The second-order valence-electron chi connectivity index (χ2n) is 8.02. The van der Waals surface area contributed by atoms with Crippen molar-refractivity contribution in [3.05, 3.63) is 54.1 Å². The molecule has 1 amide bonds. The van der Waals surface area contributed by atoms with E-state index in [0.717, 1.165) is 0 Å². The van der Waals surface area contributed by atoms with Crippen LogP contribution >= 0.6 is 0 Å². The van der Waals surface area contributed by atoms with Gasteiger partial charge in [0.15, 0.2) is 11.9 Å². The summed E-state index contributed by atoms with van der Waals surface area (Å²) in [5.74, 6) is -1.26. The number of nitrogens with one attached hydrogen (secondary N) is 1. The Morgan fingerprint density at radius 2 is 1.65 bits per heavy atom. The van der Waals surface area contributed by atoms with Crippen molar-refractivity contribution in [3.8, 4) is 5.75 Å². The Morgan fingerprint density at radius 3 is 2.24 bits per heavy atom. The lowest BCUT2D eigenvalue weighted by atomic mass is 9.98. The number of carbonyl (C=O) groups excluding carboxylic acids is 3. The van der Waals surface area contributed by atoms with Gasteiger partial charge >= 0.3 is 5.97 Å². The maximum atomic E-state index is 12.9. The number of amides is 1. The molecule has 34 heavy (non-hydrogen) atoms. The van der Waals surface area contributed by atoms with E-state index in [1.807, 2.05) is 0 Å². The number of nitrogens with zero attached hydrogens (tertiary/aromatic N) is 1. The molecule has 0 unspecified atom stereocenters. The molecule has 1 heterocycles. The molecule has 0 aliphatic carbocycles. The van der Waals surface area contributed by atoms with Gasteiger partial charge in [-0.1, -0.05) is 12.1 Å². The van der Waals surface area contributed by atoms with Gasteiger partial charge in [0.05, 0.1) is 23.6 Å². The molecule has 1 aliphatic heterocycles. The molecule has 2 aromatic rings. The summed E-state index contributed by atoms with van der Waals surface area (Å²) in [6.45, 7) is 3.18. The van der Waals surface area contributed by atoms with Crippen LogP contribution in [-0.2, 0) is 24.3 Å². The van der Waals surface area contributed by atoms with Crippen LogP contribution in [0.4, 0.5) is 5.69 Å². The van der Waals surface area contributed by atoms with Crippen LogP contribution in [0.1, 0.15) is 37.0 Å². The van der Waals surface area contributed by atoms with E-state index in [0.29, 0.717) is 17.0 Å². The van der Waals surface area contributed by atoms with Gasteiger partial charge < -0.3 is 14.8 Å². The summed E-state index contributed by atoms with van der Waals surface area (Å²) >= 11 is 0. The fourth-order valence-corrected chi connectivity index (χ4v) is 5.16. The molecular formula is C24H28N2O7S. The Morgan fingerprint density at radius 1 is 1.03 bits per heavy atom. The van der Waals surface area contributed by atoms with Gasteiger partial charge in [0.25, 0.3) is 5.91 Å². The zero-order valence-electron chi connectivity index (χ0n) is 19.3. The number of para-hydroxylation sites is 1. The lowest BCUT2D eigenvalue weighted by Gasteiger charge is -2.30. The molecule has 1 fully saturated rings. The van der Waals surface area contributed by atoms with Crippen LogP contribution < -0.4 is 10.1 Å². The summed E-state index contributed by atoms with van der Waals surface area (Å²) in [5.41, 5.74) is 0.708. The maximum Gasteiger partial charge on any atom is 0.309 e. The number of ketones is 1. The van der Waals surface area contributed by atoms with Crippen LogP contribution in [0.5, 0.6) is 5.75 Å². The van der Waals surface area contributed by atoms with Crippen molar-refractivity contribution in [3.63, 3.8) is 0 Å². The first kappa shape index (κ1) is 25.4. The quantitative estimate of drug-likeness (QED) is 0.448. The number of hydrogen-bond donors (Lipinski definition) is 1. The Labute approximate surface area is 199 Å². The van der Waals surface area contributed by atoms with Gasteiger partial charge in [0, 0.05) is 18.7 Å². The number of ether oxygens (including phenoxy) is 2. The average molecular weight is 489 g/mol. The summed E-state index contributed by atoms with van der Waals surface area (Å²) in [6.07, 6.45) is -0.501. The van der Waals surface area contributed by atoms with Gasteiger partial charge in [-0.15, -0.1) is 0 Å². The predicted octanol–water partition coefficient (Wildman–Crippen LogP) is 2.87. The van der Waals surface area contributed by atoms with Crippen LogP contribution in [0.3, 0.4) is 0 Å². The molecule has 3 rings (SSSR count). The molecule has 1 aliphatic rings. The van der Waals surface area contributed by atoms with E-state index in [-0.39, 0.29) is 36.6 Å². The van der Waals surface area contributed by atoms with Crippen molar-refractivity contribution in [2.24, 2.45) is 5.92 Å². The van der Waals surface area contributed by atoms with E-state index in [1.54, 1.807) is 36.4 Å². The number of Topliss-reactive ketones (excluding diaryl/α,β-unsaturated/α-hetero) is 1. The van der Waals surface area contributed by atoms with Gasteiger partial charge in [0.2, 0.25) is 10.0 Å². The van der Waals surface area contributed by atoms with Crippen LogP contribution in [0.25, 0.3) is 0 Å². The molecule has 0 saturated carbocycles. The molecule has 0 bridgehead atoms. The number of esters is 1. The number of piperidine rings is 1. The summed E-state index contributed by atoms with van der Waals surface area (Å²) in [6, 6.07) is 12.7. The highest BCUT2D eigenvalue weighted by Gasteiger charge is 2.34. The second kappa shape index (κ2) is 10.8. The monoisotopic (exact) mass is 488 g/mol. The topological polar surface area (TPSA) is 119 Å². The minimum atomic E-state index is -3.68. The van der Waals surface area contributed by atoms with Crippen molar-refractivity contribution in [1.29, 1.82) is 0 Å². The fourth-order valence-electron chi connectivity index (χ4n) is 3.69. The molecule has 9 nitrogen and oxygen atoms in total. The van der Waals surface area contributed by atoms with E-state index in [1.165, 1.54) is 37.4 Å². The van der Waals surface area contributed by atoms with Crippen molar-refractivity contribution in [2.75, 3.05) is 25.5 Å². The Bertz CT molecular complexity index is 1150. The Kier molecular flexibility index (Phi) is 8.06. The SMILES string of the molecule is COc1ccc(S(=O)(=O)N2CCC(C(=O)O[C@@H](C)C(=O)Nc3ccccc3C(C)=O)CC2)cc1. The van der Waals surface area contributed by atoms with Gasteiger partial charge in [-0.05, 0) is 63.1 Å². The molecular weight excluding hydrogens is 460 g/mol. The van der Waals surface area contributed by atoms with E-state index < -0.39 is 33.9 Å². The zero-order chi connectivity index (χ0) is 24.9. The lowest BCUT2D eigenvalue weighted by molar-refractivity contribution is -0.158. The van der Waals surface area contributed by atoms with Gasteiger partial charge in [-0.25, -0.2) is 8.42 Å². The summed E-state index contributed by atoms with van der Waals surface area (Å²) in [4.78, 5) is 37.0. The summed E-state index contributed by atoms with van der Waals surface area (Å²) in [7, 11) is -2.18. The highest BCUT2D eigenvalue weighted by molar-refractivity contribution is 7.89. The average Bonchev–Trinajstić information content (AvgIpc) is 2.84. The minimum Gasteiger partial charge on any atom is -0.497 e. The highest BCUT2D eigenvalue weighted by atomic mass is 32.2. The molecule has 0 aromatic heterocycles. The van der Waals surface area contributed by atoms with Crippen LogP contribution in [0.2, 0.25) is 0 Å². The number of rotatable bonds is 8. The lowest BCUT2D eigenvalue weighted by Crippen LogP contribution is -2.41. The highest BCUT2D eigenvalue weighted by Crippen LogP contribution is 2.26. The predicted molar refractivity (Wildman–Crippen MR) is 125 cm³/mol. The van der Waals surface area contributed by atoms with Crippen LogP contribution in [-0.4, -0.2) is 56.7 Å². The molecule has 2 aromatic carbocycles. The Hall–Kier alpha value is -3.24. The number of methoxy groups -OCH3 is 1. The standard InChI is InChI=1S/C24H28N2O7S/c1-16(27)21-6-4-5-7-22(21)25-23(28)17(2)33-24(29)18-12-14-26(15-13-18)34(30,31)20-10-8-19(32-3)9-11-20/h4-11,17-18H,12-15H2,1-3H3,(H,25,28)/t17-/m0/s1. The first-order chi connectivity index (χ1) is 16.1. The Balaban J connectivity index is 1.55. The van der Waals surface area contributed by atoms with Crippen molar-refractivity contribution in [2.45, 2.75) is 37.7 Å². The van der Waals surface area contributed by atoms with Crippen molar-refractivity contribution in [1.82, 2.24) is 4.31 Å². The smallest absolute Gasteiger partial charge is 0.309 e. The number of anilines is 1. The van der Waals surface area contributed by atoms with E-state index in [9.17, 15) is 22.8 Å². The van der Waals surface area contributed by atoms with E-state index in [4.69, 9.17) is 9.47 Å². The number of carbonyl (C=O) groups is 3. The molecule has 0 spiro atoms. The van der Waals surface area contributed by atoms with Gasteiger partial charge in [-0.2, -0.15) is 4.31 Å². The third-order valence-electron chi connectivity index (χ3n) is 5.71. The normalized spacial score (nSPS) is 15.9. The molecule has 182 valence electrons. The van der Waals surface area contributed by atoms with E-state index >= 15 is 0 Å². The first-order valence-electron chi connectivity index (χ1n) is 10.9. The largest absolute Gasteiger partial charge is 0.497 e. The number of hydrogen-bond acceptors (Lipinski definition) is 7. The van der Waals surface area contributed by atoms with Gasteiger partial charge in [0.1, 0.15) is 5.75 Å². The second-order valence-corrected chi connectivity index (χ2v) is 9.96. The molecule has 1 saturated heterocycles. The minimum absolute atomic E-state index is 0.158. The summed E-state index contributed by atoms with van der Waals surface area (Å²) in [5, 5.41) is 2.62. The maximum absolute atomic E-state index is 12.9. The number of sulfonamides is 1. The van der Waals surface area contributed by atoms with Crippen molar-refractivity contribution >= 4 is 33.4 Å². The van der Waals surface area contributed by atoms with Crippen molar-refractivity contribution < 1.29 is 32.3 Å². The third-order valence-corrected chi connectivity index (χ3v) is 7.62. The molecule has 10 heteroatoms. The first-order valence-corrected chi connectivity index (χ1v) is 12.3. The number of benzene rings is 2. The van der Waals surface area contributed by atoms with E-state index in [2.05, 4.69) is 5.32 Å². The van der Waals surface area contributed by atoms with Crippen LogP contribution in [0.15, 0.2) is 53.4 Å². The summed E-state index contributed by atoms with van der Waals surface area (Å²) < 4.78 is 37.5. The molecule has 1 atom stereocenters. The third kappa shape index (κ3) is 5.81. The van der Waals surface area contributed by atoms with Gasteiger partial charge in [-0.3, -0.25) is 14.4 Å². The molecule has 1 N–H and O–H groups in total. The van der Waals surface area contributed by atoms with Crippen LogP contribution in [0, 0.1) is 5.92 Å².